The summed E-state index contributed by atoms with van der Waals surface area (Å²) in [7, 11) is 0. The third-order valence-corrected chi connectivity index (χ3v) is 3.09. The van der Waals surface area contributed by atoms with Crippen molar-refractivity contribution in [1.29, 1.82) is 0 Å². The van der Waals surface area contributed by atoms with E-state index in [1.807, 2.05) is 26.0 Å². The van der Waals surface area contributed by atoms with E-state index in [1.165, 1.54) is 0 Å². The number of hydrogen-bond donors (Lipinski definition) is 2. The standard InChI is InChI=1S/C15H19NO5/c1-15(2)9-10-5-3-6-11(13(10)21-15)20-14(19)16-8-4-7-12(17)18/h3,5-6H,4,7-9H2,1-2H3,(H,16,19)(H,17,18). The Hall–Kier alpha value is -2.24. The fraction of sp³-hybridized carbons (Fsp3) is 0.467. The van der Waals surface area contributed by atoms with Crippen LogP contribution in [0.1, 0.15) is 32.3 Å². The number of benzene rings is 1. The number of nitrogens with one attached hydrogen (secondary N) is 1. The van der Waals surface area contributed by atoms with E-state index in [0.29, 0.717) is 17.9 Å². The van der Waals surface area contributed by atoms with E-state index in [0.717, 1.165) is 12.0 Å². The highest BCUT2D eigenvalue weighted by Crippen LogP contribution is 2.41. The van der Waals surface area contributed by atoms with Crippen molar-refractivity contribution in [2.45, 2.75) is 38.7 Å². The molecule has 0 bridgehead atoms. The van der Waals surface area contributed by atoms with E-state index < -0.39 is 12.1 Å². The molecule has 2 N–H and O–H groups in total. The molecule has 21 heavy (non-hydrogen) atoms. The van der Waals surface area contributed by atoms with Crippen LogP contribution in [0.4, 0.5) is 4.79 Å². The van der Waals surface area contributed by atoms with E-state index in [-0.39, 0.29) is 18.6 Å². The molecule has 1 aromatic carbocycles. The van der Waals surface area contributed by atoms with Gasteiger partial charge in [-0.3, -0.25) is 4.79 Å². The quantitative estimate of drug-likeness (QED) is 0.814. The number of carboxylic acids is 1. The van der Waals surface area contributed by atoms with Crippen molar-refractivity contribution in [1.82, 2.24) is 5.32 Å². The largest absolute Gasteiger partial charge is 0.483 e. The van der Waals surface area contributed by atoms with Crippen molar-refractivity contribution in [3.63, 3.8) is 0 Å². The van der Waals surface area contributed by atoms with Crippen LogP contribution in [0.25, 0.3) is 0 Å². The second kappa shape index (κ2) is 6.03. The van der Waals surface area contributed by atoms with Crippen LogP contribution in [0, 0.1) is 0 Å². The lowest BCUT2D eigenvalue weighted by Gasteiger charge is -2.18. The molecule has 1 aromatic rings. The molecule has 6 heteroatoms. The van der Waals surface area contributed by atoms with Crippen LogP contribution in [0.15, 0.2) is 18.2 Å². The monoisotopic (exact) mass is 293 g/mol. The Morgan fingerprint density at radius 2 is 2.19 bits per heavy atom. The molecule has 114 valence electrons. The van der Waals surface area contributed by atoms with Gasteiger partial charge in [0.05, 0.1) is 0 Å². The highest BCUT2D eigenvalue weighted by atomic mass is 16.6. The van der Waals surface area contributed by atoms with Gasteiger partial charge >= 0.3 is 12.1 Å². The molecular weight excluding hydrogens is 274 g/mol. The molecule has 0 unspecified atom stereocenters. The van der Waals surface area contributed by atoms with Gasteiger partial charge in [0.25, 0.3) is 0 Å². The minimum absolute atomic E-state index is 0.0122. The lowest BCUT2D eigenvalue weighted by Crippen LogP contribution is -2.28. The summed E-state index contributed by atoms with van der Waals surface area (Å²) in [5, 5.41) is 11.0. The van der Waals surface area contributed by atoms with Crippen molar-refractivity contribution in [2.75, 3.05) is 6.54 Å². The van der Waals surface area contributed by atoms with Gasteiger partial charge in [0.2, 0.25) is 0 Å². The SMILES string of the molecule is CC1(C)Cc2cccc(OC(=O)NCCCC(=O)O)c2O1. The van der Waals surface area contributed by atoms with Crippen molar-refractivity contribution < 1.29 is 24.2 Å². The zero-order valence-electron chi connectivity index (χ0n) is 12.1. The lowest BCUT2D eigenvalue weighted by molar-refractivity contribution is -0.137. The molecule has 0 saturated carbocycles. The number of carbonyl (C=O) groups excluding carboxylic acids is 1. The summed E-state index contributed by atoms with van der Waals surface area (Å²) in [6.07, 6.45) is 0.529. The topological polar surface area (TPSA) is 84.9 Å². The van der Waals surface area contributed by atoms with Crippen molar-refractivity contribution in [2.24, 2.45) is 0 Å². The number of aliphatic carboxylic acids is 1. The first-order valence-corrected chi connectivity index (χ1v) is 6.86. The second-order valence-electron chi connectivity index (χ2n) is 5.60. The smallest absolute Gasteiger partial charge is 0.412 e. The molecule has 0 aliphatic carbocycles. The summed E-state index contributed by atoms with van der Waals surface area (Å²) in [6, 6.07) is 5.44. The summed E-state index contributed by atoms with van der Waals surface area (Å²) < 4.78 is 11.0. The number of carboxylic acid groups (broad SMARTS) is 1. The van der Waals surface area contributed by atoms with Crippen LogP contribution >= 0.6 is 0 Å². The number of hydrogen-bond acceptors (Lipinski definition) is 4. The first kappa shape index (κ1) is 15.2. The van der Waals surface area contributed by atoms with Crippen molar-refractivity contribution in [3.05, 3.63) is 23.8 Å². The molecule has 1 heterocycles. The lowest BCUT2D eigenvalue weighted by atomic mass is 10.0. The maximum absolute atomic E-state index is 11.7. The van der Waals surface area contributed by atoms with Gasteiger partial charge < -0.3 is 19.9 Å². The number of amides is 1. The summed E-state index contributed by atoms with van der Waals surface area (Å²) in [4.78, 5) is 22.0. The third kappa shape index (κ3) is 4.11. The predicted molar refractivity (Wildman–Crippen MR) is 75.7 cm³/mol. The molecule has 0 spiro atoms. The molecule has 2 rings (SSSR count). The molecule has 1 amide bonds. The molecule has 1 aliphatic rings. The first-order valence-electron chi connectivity index (χ1n) is 6.86. The normalized spacial score (nSPS) is 15.0. The van der Waals surface area contributed by atoms with Crippen LogP contribution in [0.3, 0.4) is 0 Å². The van der Waals surface area contributed by atoms with Gasteiger partial charge in [0.15, 0.2) is 11.5 Å². The number of para-hydroxylation sites is 1. The van der Waals surface area contributed by atoms with Gasteiger partial charge in [0.1, 0.15) is 5.60 Å². The van der Waals surface area contributed by atoms with E-state index in [1.54, 1.807) is 6.07 Å². The Balaban J connectivity index is 1.91. The van der Waals surface area contributed by atoms with E-state index >= 15 is 0 Å². The van der Waals surface area contributed by atoms with Crippen LogP contribution in [-0.2, 0) is 11.2 Å². The Morgan fingerprint density at radius 1 is 1.43 bits per heavy atom. The molecule has 6 nitrogen and oxygen atoms in total. The number of rotatable bonds is 5. The molecular formula is C15H19NO5. The van der Waals surface area contributed by atoms with Crippen LogP contribution in [-0.4, -0.2) is 29.3 Å². The maximum Gasteiger partial charge on any atom is 0.412 e. The van der Waals surface area contributed by atoms with E-state index in [4.69, 9.17) is 14.6 Å². The average molecular weight is 293 g/mol. The van der Waals surface area contributed by atoms with Crippen LogP contribution < -0.4 is 14.8 Å². The Bertz CT molecular complexity index is 553. The first-order chi connectivity index (χ1) is 9.87. The van der Waals surface area contributed by atoms with E-state index in [9.17, 15) is 9.59 Å². The van der Waals surface area contributed by atoms with Crippen LogP contribution in [0.2, 0.25) is 0 Å². The Kier molecular flexibility index (Phi) is 4.35. The number of carbonyl (C=O) groups is 2. The predicted octanol–water partition coefficient (Wildman–Crippen LogP) is 2.35. The highest BCUT2D eigenvalue weighted by Gasteiger charge is 2.32. The van der Waals surface area contributed by atoms with Crippen molar-refractivity contribution >= 4 is 12.1 Å². The summed E-state index contributed by atoms with van der Waals surface area (Å²) in [6.45, 7) is 4.21. The molecule has 0 aromatic heterocycles. The minimum Gasteiger partial charge on any atom is -0.483 e. The fourth-order valence-electron chi connectivity index (χ4n) is 2.23. The van der Waals surface area contributed by atoms with Crippen LogP contribution in [0.5, 0.6) is 11.5 Å². The van der Waals surface area contributed by atoms with E-state index in [2.05, 4.69) is 5.32 Å². The van der Waals surface area contributed by atoms with Gasteiger partial charge in [-0.25, -0.2) is 4.79 Å². The number of ether oxygens (including phenoxy) is 2. The zero-order chi connectivity index (χ0) is 15.5. The average Bonchev–Trinajstić information content (AvgIpc) is 2.70. The van der Waals surface area contributed by atoms with Gasteiger partial charge in [0, 0.05) is 24.9 Å². The van der Waals surface area contributed by atoms with Gasteiger partial charge in [-0.2, -0.15) is 0 Å². The van der Waals surface area contributed by atoms with Crippen molar-refractivity contribution in [3.8, 4) is 11.5 Å². The summed E-state index contributed by atoms with van der Waals surface area (Å²) in [5.74, 6) is 0.0960. The van der Waals surface area contributed by atoms with Gasteiger partial charge in [-0.05, 0) is 26.3 Å². The Morgan fingerprint density at radius 3 is 2.90 bits per heavy atom. The maximum atomic E-state index is 11.7. The number of fused-ring (bicyclic) bond motifs is 1. The van der Waals surface area contributed by atoms with Gasteiger partial charge in [-0.1, -0.05) is 12.1 Å². The molecule has 0 saturated heterocycles. The second-order valence-corrected chi connectivity index (χ2v) is 5.60. The fourth-order valence-corrected chi connectivity index (χ4v) is 2.23. The summed E-state index contributed by atoms with van der Waals surface area (Å²) in [5.41, 5.74) is 0.705. The minimum atomic E-state index is -0.887. The molecule has 1 aliphatic heterocycles. The third-order valence-electron chi connectivity index (χ3n) is 3.09. The highest BCUT2D eigenvalue weighted by molar-refractivity contribution is 5.72. The molecule has 0 radical (unpaired) electrons. The molecule has 0 atom stereocenters. The summed E-state index contributed by atoms with van der Waals surface area (Å²) >= 11 is 0. The van der Waals surface area contributed by atoms with Gasteiger partial charge in [-0.15, -0.1) is 0 Å². The zero-order valence-corrected chi connectivity index (χ0v) is 12.1. The molecule has 0 fully saturated rings. The Labute approximate surface area is 123 Å².